The average molecular weight is 287 g/mol. The zero-order valence-corrected chi connectivity index (χ0v) is 12.8. The molecule has 112 valence electrons. The maximum Gasteiger partial charge on any atom is 0.129 e. The molecular formula is C18H22FNO. The number of hydrogen-bond acceptors (Lipinski definition) is 2. The summed E-state index contributed by atoms with van der Waals surface area (Å²) in [5.41, 5.74) is 9.30. The summed E-state index contributed by atoms with van der Waals surface area (Å²) in [4.78, 5) is 0. The van der Waals surface area contributed by atoms with E-state index in [1.807, 2.05) is 13.0 Å². The molecule has 0 heterocycles. The van der Waals surface area contributed by atoms with Crippen molar-refractivity contribution < 1.29 is 9.13 Å². The minimum absolute atomic E-state index is 0.211. The first-order chi connectivity index (χ1) is 10.0. The van der Waals surface area contributed by atoms with Crippen LogP contribution in [-0.4, -0.2) is 0 Å². The van der Waals surface area contributed by atoms with Crippen molar-refractivity contribution in [1.82, 2.24) is 0 Å². The Balaban J connectivity index is 2.22. The summed E-state index contributed by atoms with van der Waals surface area (Å²) in [5, 5.41) is 0. The zero-order valence-electron chi connectivity index (χ0n) is 12.8. The normalized spacial score (nSPS) is 11.0. The molecule has 0 atom stereocenters. The fourth-order valence-corrected chi connectivity index (χ4v) is 2.26. The van der Waals surface area contributed by atoms with Crippen LogP contribution in [0.15, 0.2) is 36.4 Å². The van der Waals surface area contributed by atoms with Gasteiger partial charge < -0.3 is 10.5 Å². The third-order valence-electron chi connectivity index (χ3n) is 3.52. The van der Waals surface area contributed by atoms with Gasteiger partial charge in [0.05, 0.1) is 0 Å². The first kappa shape index (κ1) is 15.5. The molecule has 0 unspecified atom stereocenters. The highest BCUT2D eigenvalue weighted by atomic mass is 19.1. The third-order valence-corrected chi connectivity index (χ3v) is 3.52. The highest BCUT2D eigenvalue weighted by Gasteiger charge is 2.10. The van der Waals surface area contributed by atoms with Gasteiger partial charge in [-0.25, -0.2) is 4.39 Å². The SMILES string of the molecule is Cc1ccc(C(C)C)c(OCc2cc(CN)ccc2F)c1. The lowest BCUT2D eigenvalue weighted by atomic mass is 10.0. The number of hydrogen-bond donors (Lipinski definition) is 1. The first-order valence-electron chi connectivity index (χ1n) is 7.22. The van der Waals surface area contributed by atoms with Gasteiger partial charge in [-0.1, -0.05) is 32.0 Å². The van der Waals surface area contributed by atoms with Crippen LogP contribution in [0.25, 0.3) is 0 Å². The molecule has 0 spiro atoms. The van der Waals surface area contributed by atoms with Gasteiger partial charge in [0, 0.05) is 12.1 Å². The molecule has 0 saturated carbocycles. The van der Waals surface area contributed by atoms with Crippen molar-refractivity contribution in [3.8, 4) is 5.75 Å². The van der Waals surface area contributed by atoms with Gasteiger partial charge in [-0.2, -0.15) is 0 Å². The maximum absolute atomic E-state index is 13.8. The average Bonchev–Trinajstić information content (AvgIpc) is 2.46. The summed E-state index contributed by atoms with van der Waals surface area (Å²) in [6.45, 7) is 6.87. The van der Waals surface area contributed by atoms with E-state index in [-0.39, 0.29) is 12.4 Å². The fraction of sp³-hybridized carbons (Fsp3) is 0.333. The van der Waals surface area contributed by atoms with E-state index < -0.39 is 0 Å². The Bertz CT molecular complexity index is 623. The molecule has 2 aromatic rings. The third kappa shape index (κ3) is 3.82. The van der Waals surface area contributed by atoms with Gasteiger partial charge in [-0.3, -0.25) is 0 Å². The van der Waals surface area contributed by atoms with Gasteiger partial charge >= 0.3 is 0 Å². The van der Waals surface area contributed by atoms with Crippen molar-refractivity contribution >= 4 is 0 Å². The van der Waals surface area contributed by atoms with Crippen LogP contribution in [0.1, 0.15) is 42.0 Å². The summed E-state index contributed by atoms with van der Waals surface area (Å²) in [6.07, 6.45) is 0. The van der Waals surface area contributed by atoms with Crippen molar-refractivity contribution in [3.05, 3.63) is 64.5 Å². The predicted octanol–water partition coefficient (Wildman–Crippen LogP) is 4.30. The van der Waals surface area contributed by atoms with E-state index >= 15 is 0 Å². The quantitative estimate of drug-likeness (QED) is 0.890. The van der Waals surface area contributed by atoms with Gasteiger partial charge in [0.25, 0.3) is 0 Å². The summed E-state index contributed by atoms with van der Waals surface area (Å²) in [6, 6.07) is 11.0. The molecule has 0 amide bonds. The number of aryl methyl sites for hydroxylation is 1. The molecular weight excluding hydrogens is 265 g/mol. The van der Waals surface area contributed by atoms with E-state index in [1.165, 1.54) is 6.07 Å². The first-order valence-corrected chi connectivity index (χ1v) is 7.22. The molecule has 21 heavy (non-hydrogen) atoms. The highest BCUT2D eigenvalue weighted by Crippen LogP contribution is 2.28. The molecule has 0 aliphatic heterocycles. The van der Waals surface area contributed by atoms with Gasteiger partial charge in [-0.15, -0.1) is 0 Å². The van der Waals surface area contributed by atoms with Crippen molar-refractivity contribution in [2.45, 2.75) is 39.8 Å². The van der Waals surface area contributed by atoms with Gasteiger partial charge in [0.15, 0.2) is 0 Å². The molecule has 0 aliphatic rings. The summed E-state index contributed by atoms with van der Waals surface area (Å²) in [5.74, 6) is 0.925. The molecule has 0 fully saturated rings. The number of benzene rings is 2. The van der Waals surface area contributed by atoms with Crippen LogP contribution in [0, 0.1) is 12.7 Å². The van der Waals surface area contributed by atoms with E-state index in [4.69, 9.17) is 10.5 Å². The lowest BCUT2D eigenvalue weighted by Gasteiger charge is -2.15. The Morgan fingerprint density at radius 1 is 1.14 bits per heavy atom. The predicted molar refractivity (Wildman–Crippen MR) is 83.9 cm³/mol. The molecule has 0 bridgehead atoms. The monoisotopic (exact) mass is 287 g/mol. The molecule has 2 nitrogen and oxygen atoms in total. The smallest absolute Gasteiger partial charge is 0.129 e. The second kappa shape index (κ2) is 6.72. The van der Waals surface area contributed by atoms with Gasteiger partial charge in [-0.05, 0) is 47.7 Å². The van der Waals surface area contributed by atoms with Crippen LogP contribution >= 0.6 is 0 Å². The Hall–Kier alpha value is -1.87. The van der Waals surface area contributed by atoms with Gasteiger partial charge in [0.2, 0.25) is 0 Å². The van der Waals surface area contributed by atoms with E-state index in [9.17, 15) is 4.39 Å². The second-order valence-electron chi connectivity index (χ2n) is 5.61. The number of halogens is 1. The standard InChI is InChI=1S/C18H22FNO/c1-12(2)16-6-4-13(3)8-18(16)21-11-15-9-14(10-20)5-7-17(15)19/h4-9,12H,10-11,20H2,1-3H3. The zero-order chi connectivity index (χ0) is 15.4. The largest absolute Gasteiger partial charge is 0.488 e. The van der Waals surface area contributed by atoms with E-state index in [0.717, 1.165) is 22.4 Å². The molecule has 2 rings (SSSR count). The number of nitrogens with two attached hydrogens (primary N) is 1. The minimum atomic E-state index is -0.258. The van der Waals surface area contributed by atoms with Crippen LogP contribution in [0.5, 0.6) is 5.75 Å². The molecule has 0 radical (unpaired) electrons. The molecule has 2 N–H and O–H groups in total. The molecule has 0 saturated heterocycles. The van der Waals surface area contributed by atoms with E-state index in [0.29, 0.717) is 18.0 Å². The molecule has 0 aromatic heterocycles. The van der Waals surface area contributed by atoms with Crippen LogP contribution in [0.4, 0.5) is 4.39 Å². The Morgan fingerprint density at radius 3 is 2.57 bits per heavy atom. The molecule has 2 aromatic carbocycles. The fourth-order valence-electron chi connectivity index (χ4n) is 2.26. The Labute approximate surface area is 125 Å². The Kier molecular flexibility index (Phi) is 4.97. The van der Waals surface area contributed by atoms with Crippen LogP contribution in [-0.2, 0) is 13.2 Å². The van der Waals surface area contributed by atoms with Gasteiger partial charge in [0.1, 0.15) is 18.2 Å². The minimum Gasteiger partial charge on any atom is -0.488 e. The molecule has 3 heteroatoms. The number of rotatable bonds is 5. The van der Waals surface area contributed by atoms with Crippen molar-refractivity contribution in [2.24, 2.45) is 5.73 Å². The summed E-state index contributed by atoms with van der Waals surface area (Å²) in [7, 11) is 0. The lowest BCUT2D eigenvalue weighted by Crippen LogP contribution is -2.04. The van der Waals surface area contributed by atoms with Crippen LogP contribution in [0.3, 0.4) is 0 Å². The molecule has 0 aliphatic carbocycles. The second-order valence-corrected chi connectivity index (χ2v) is 5.61. The highest BCUT2D eigenvalue weighted by molar-refractivity contribution is 5.39. The summed E-state index contributed by atoms with van der Waals surface area (Å²) >= 11 is 0. The van der Waals surface area contributed by atoms with Crippen molar-refractivity contribution in [1.29, 1.82) is 0 Å². The van der Waals surface area contributed by atoms with Crippen LogP contribution < -0.4 is 10.5 Å². The van der Waals surface area contributed by atoms with E-state index in [1.54, 1.807) is 12.1 Å². The lowest BCUT2D eigenvalue weighted by molar-refractivity contribution is 0.295. The number of ether oxygens (including phenoxy) is 1. The topological polar surface area (TPSA) is 35.2 Å². The Morgan fingerprint density at radius 2 is 1.90 bits per heavy atom. The maximum atomic E-state index is 13.8. The van der Waals surface area contributed by atoms with Crippen molar-refractivity contribution in [2.75, 3.05) is 0 Å². The van der Waals surface area contributed by atoms with Crippen molar-refractivity contribution in [3.63, 3.8) is 0 Å². The van der Waals surface area contributed by atoms with E-state index in [2.05, 4.69) is 26.0 Å². The van der Waals surface area contributed by atoms with Crippen LogP contribution in [0.2, 0.25) is 0 Å². The summed E-state index contributed by atoms with van der Waals surface area (Å²) < 4.78 is 19.7.